The highest BCUT2D eigenvalue weighted by atomic mass is 32.1. The first-order valence-corrected chi connectivity index (χ1v) is 7.03. The van der Waals surface area contributed by atoms with Crippen LogP contribution < -0.4 is 5.73 Å². The molecule has 2 N–H and O–H groups in total. The Balaban J connectivity index is 2.00. The van der Waals surface area contributed by atoms with Gasteiger partial charge in [-0.1, -0.05) is 19.1 Å². The van der Waals surface area contributed by atoms with Gasteiger partial charge in [0.1, 0.15) is 4.99 Å². The van der Waals surface area contributed by atoms with E-state index in [9.17, 15) is 0 Å². The van der Waals surface area contributed by atoms with Gasteiger partial charge in [0.05, 0.1) is 5.69 Å². The second-order valence-corrected chi connectivity index (χ2v) is 5.67. The van der Waals surface area contributed by atoms with Gasteiger partial charge < -0.3 is 5.73 Å². The monoisotopic (exact) mass is 263 g/mol. The molecule has 1 unspecified atom stereocenters. The van der Waals surface area contributed by atoms with E-state index in [1.165, 1.54) is 37.9 Å². The van der Waals surface area contributed by atoms with Crippen LogP contribution in [-0.2, 0) is 6.54 Å². The molecule has 0 spiro atoms. The molecule has 1 fully saturated rings. The van der Waals surface area contributed by atoms with Crippen LogP contribution in [0.3, 0.4) is 0 Å². The van der Waals surface area contributed by atoms with Gasteiger partial charge >= 0.3 is 0 Å². The lowest BCUT2D eigenvalue weighted by Crippen LogP contribution is -2.24. The molecule has 2 heterocycles. The van der Waals surface area contributed by atoms with Crippen molar-refractivity contribution in [3.63, 3.8) is 0 Å². The van der Waals surface area contributed by atoms with Gasteiger partial charge in [-0.15, -0.1) is 0 Å². The smallest absolute Gasteiger partial charge is 0.122 e. The number of likely N-dealkylation sites (tertiary alicyclic amines) is 1. The molecular formula is C14H21N3S. The number of nitrogens with zero attached hydrogens (tertiary/aromatic N) is 2. The minimum Gasteiger partial charge on any atom is -0.388 e. The zero-order valence-electron chi connectivity index (χ0n) is 10.9. The number of hydrogen-bond donors (Lipinski definition) is 1. The molecule has 1 aromatic heterocycles. The van der Waals surface area contributed by atoms with Crippen molar-refractivity contribution in [2.24, 2.45) is 11.7 Å². The second-order valence-electron chi connectivity index (χ2n) is 5.23. The fraction of sp³-hybridized carbons (Fsp3) is 0.571. The zero-order chi connectivity index (χ0) is 13.0. The highest BCUT2D eigenvalue weighted by molar-refractivity contribution is 7.80. The van der Waals surface area contributed by atoms with Crippen molar-refractivity contribution in [2.75, 3.05) is 13.1 Å². The summed E-state index contributed by atoms with van der Waals surface area (Å²) < 4.78 is 0. The molecule has 4 heteroatoms. The minimum atomic E-state index is 0.376. The molecule has 0 aliphatic carbocycles. The molecule has 0 saturated carbocycles. The summed E-state index contributed by atoms with van der Waals surface area (Å²) in [6, 6.07) is 4.06. The van der Waals surface area contributed by atoms with E-state index in [2.05, 4.69) is 22.9 Å². The number of nitrogens with two attached hydrogens (primary N) is 1. The van der Waals surface area contributed by atoms with Gasteiger partial charge in [0, 0.05) is 12.7 Å². The van der Waals surface area contributed by atoms with Crippen LogP contribution in [0.15, 0.2) is 18.3 Å². The Bertz CT molecular complexity index is 419. The highest BCUT2D eigenvalue weighted by Gasteiger charge is 2.14. The molecule has 0 bridgehead atoms. The lowest BCUT2D eigenvalue weighted by molar-refractivity contribution is 0.273. The Hall–Kier alpha value is -1.00. The molecule has 1 atom stereocenters. The maximum absolute atomic E-state index is 5.61. The molecule has 98 valence electrons. The van der Waals surface area contributed by atoms with E-state index in [-0.39, 0.29) is 0 Å². The summed E-state index contributed by atoms with van der Waals surface area (Å²) in [5.74, 6) is 0.861. The topological polar surface area (TPSA) is 42.2 Å². The third kappa shape index (κ3) is 3.75. The third-order valence-corrected chi connectivity index (χ3v) is 3.80. The van der Waals surface area contributed by atoms with E-state index in [0.717, 1.165) is 18.2 Å². The van der Waals surface area contributed by atoms with Crippen molar-refractivity contribution in [2.45, 2.75) is 32.7 Å². The number of rotatable bonds is 3. The molecule has 1 aliphatic heterocycles. The van der Waals surface area contributed by atoms with Crippen LogP contribution in [0.5, 0.6) is 0 Å². The summed E-state index contributed by atoms with van der Waals surface area (Å²) in [5.41, 5.74) is 7.59. The molecule has 18 heavy (non-hydrogen) atoms. The summed E-state index contributed by atoms with van der Waals surface area (Å²) in [5, 5.41) is 0. The zero-order valence-corrected chi connectivity index (χ0v) is 11.7. The van der Waals surface area contributed by atoms with Crippen LogP contribution >= 0.6 is 12.2 Å². The molecule has 1 aliphatic rings. The van der Waals surface area contributed by atoms with Crippen molar-refractivity contribution in [3.05, 3.63) is 29.6 Å². The number of thiocarbonyl (C=S) groups is 1. The van der Waals surface area contributed by atoms with Crippen LogP contribution in [0.25, 0.3) is 0 Å². The van der Waals surface area contributed by atoms with E-state index in [1.807, 2.05) is 6.07 Å². The van der Waals surface area contributed by atoms with E-state index >= 15 is 0 Å². The fourth-order valence-corrected chi connectivity index (χ4v) is 2.56. The summed E-state index contributed by atoms with van der Waals surface area (Å²) in [7, 11) is 0. The van der Waals surface area contributed by atoms with E-state index < -0.39 is 0 Å². The van der Waals surface area contributed by atoms with Crippen LogP contribution in [-0.4, -0.2) is 28.0 Å². The third-order valence-electron chi connectivity index (χ3n) is 3.59. The highest BCUT2D eigenvalue weighted by Crippen LogP contribution is 2.18. The average Bonchev–Trinajstić information content (AvgIpc) is 2.55. The van der Waals surface area contributed by atoms with Crippen LogP contribution in [0.1, 0.15) is 37.4 Å². The molecule has 0 aromatic carbocycles. The van der Waals surface area contributed by atoms with E-state index in [0.29, 0.717) is 4.99 Å². The predicted octanol–water partition coefficient (Wildman–Crippen LogP) is 2.34. The standard InChI is InChI=1S/C14H21N3S/c1-11-3-2-7-17(8-5-11)10-12-4-6-16-13(9-12)14(15)18/h4,6,9,11H,2-3,5,7-8,10H2,1H3,(H2,15,18). The van der Waals surface area contributed by atoms with Crippen molar-refractivity contribution >= 4 is 17.2 Å². The number of pyridine rings is 1. The van der Waals surface area contributed by atoms with Crippen LogP contribution in [0.2, 0.25) is 0 Å². The molecular weight excluding hydrogens is 242 g/mol. The summed E-state index contributed by atoms with van der Waals surface area (Å²) in [4.78, 5) is 7.07. The summed E-state index contributed by atoms with van der Waals surface area (Å²) in [6.07, 6.45) is 5.75. The fourth-order valence-electron chi connectivity index (χ4n) is 2.45. The Morgan fingerprint density at radius 1 is 1.50 bits per heavy atom. The molecule has 0 radical (unpaired) electrons. The van der Waals surface area contributed by atoms with Crippen LogP contribution in [0.4, 0.5) is 0 Å². The molecule has 2 rings (SSSR count). The van der Waals surface area contributed by atoms with Gasteiger partial charge in [0.25, 0.3) is 0 Å². The van der Waals surface area contributed by atoms with Gasteiger partial charge in [-0.05, 0) is 56.0 Å². The normalized spacial score (nSPS) is 21.5. The Kier molecular flexibility index (Phi) is 4.66. The first kappa shape index (κ1) is 13.4. The maximum atomic E-state index is 5.61. The predicted molar refractivity (Wildman–Crippen MR) is 78.4 cm³/mol. The minimum absolute atomic E-state index is 0.376. The Labute approximate surface area is 114 Å². The van der Waals surface area contributed by atoms with Crippen molar-refractivity contribution in [3.8, 4) is 0 Å². The number of aromatic nitrogens is 1. The summed E-state index contributed by atoms with van der Waals surface area (Å²) in [6.45, 7) is 5.70. The molecule has 1 aromatic rings. The molecule has 3 nitrogen and oxygen atoms in total. The SMILES string of the molecule is CC1CCCN(Cc2ccnc(C(N)=S)c2)CC1. The number of hydrogen-bond acceptors (Lipinski definition) is 3. The lowest BCUT2D eigenvalue weighted by atomic mass is 10.0. The van der Waals surface area contributed by atoms with E-state index in [4.69, 9.17) is 18.0 Å². The Morgan fingerprint density at radius 2 is 2.33 bits per heavy atom. The van der Waals surface area contributed by atoms with Gasteiger partial charge in [-0.3, -0.25) is 9.88 Å². The van der Waals surface area contributed by atoms with Crippen molar-refractivity contribution in [1.29, 1.82) is 0 Å². The molecule has 0 amide bonds. The first-order valence-electron chi connectivity index (χ1n) is 6.62. The maximum Gasteiger partial charge on any atom is 0.122 e. The first-order chi connectivity index (χ1) is 8.65. The largest absolute Gasteiger partial charge is 0.388 e. The van der Waals surface area contributed by atoms with Crippen molar-refractivity contribution < 1.29 is 0 Å². The van der Waals surface area contributed by atoms with Gasteiger partial charge in [0.2, 0.25) is 0 Å². The van der Waals surface area contributed by atoms with Gasteiger partial charge in [-0.25, -0.2) is 0 Å². The second kappa shape index (κ2) is 6.25. The van der Waals surface area contributed by atoms with Crippen molar-refractivity contribution in [1.82, 2.24) is 9.88 Å². The quantitative estimate of drug-likeness (QED) is 0.850. The summed E-state index contributed by atoms with van der Waals surface area (Å²) >= 11 is 4.96. The molecule has 1 saturated heterocycles. The van der Waals surface area contributed by atoms with Gasteiger partial charge in [0.15, 0.2) is 0 Å². The van der Waals surface area contributed by atoms with Gasteiger partial charge in [-0.2, -0.15) is 0 Å². The average molecular weight is 263 g/mol. The Morgan fingerprint density at radius 3 is 3.11 bits per heavy atom. The van der Waals surface area contributed by atoms with Crippen LogP contribution in [0, 0.1) is 5.92 Å². The van der Waals surface area contributed by atoms with E-state index in [1.54, 1.807) is 6.20 Å². The lowest BCUT2D eigenvalue weighted by Gasteiger charge is -2.20.